The minimum Gasteiger partial charge on any atom is -0.396 e. The zero-order valence-corrected chi connectivity index (χ0v) is 12.4. The first-order valence-corrected chi connectivity index (χ1v) is 7.41. The molecule has 0 spiro atoms. The summed E-state index contributed by atoms with van der Waals surface area (Å²) in [6, 6.07) is 5.50. The van der Waals surface area contributed by atoms with Gasteiger partial charge in [-0.25, -0.2) is 4.79 Å². The fourth-order valence-electron chi connectivity index (χ4n) is 2.57. The van der Waals surface area contributed by atoms with Gasteiger partial charge < -0.3 is 15.7 Å². The van der Waals surface area contributed by atoms with Crippen LogP contribution in [0.2, 0.25) is 5.02 Å². The normalized spacial score (nSPS) is 22.4. The standard InChI is InChI=1S/C15H21ClN2O2/c1-10-2-7-13(16)14(8-10)18-15(20)17-12-5-3-11(9-19)4-6-12/h2,7-8,11-12,19H,3-6,9H2,1H3,(H2,17,18,20). The largest absolute Gasteiger partial charge is 0.396 e. The van der Waals surface area contributed by atoms with Gasteiger partial charge in [-0.1, -0.05) is 17.7 Å². The lowest BCUT2D eigenvalue weighted by molar-refractivity contribution is 0.176. The number of hydrogen-bond donors (Lipinski definition) is 3. The van der Waals surface area contributed by atoms with Gasteiger partial charge in [0.05, 0.1) is 10.7 Å². The van der Waals surface area contributed by atoms with E-state index in [1.54, 1.807) is 6.07 Å². The molecule has 0 unspecified atom stereocenters. The molecule has 1 aliphatic carbocycles. The highest BCUT2D eigenvalue weighted by Gasteiger charge is 2.21. The number of aliphatic hydroxyl groups is 1. The fraction of sp³-hybridized carbons (Fsp3) is 0.533. The molecule has 1 saturated carbocycles. The summed E-state index contributed by atoms with van der Waals surface area (Å²) in [6.07, 6.45) is 3.76. The SMILES string of the molecule is Cc1ccc(Cl)c(NC(=O)NC2CCC(CO)CC2)c1. The quantitative estimate of drug-likeness (QED) is 0.801. The van der Waals surface area contributed by atoms with E-state index in [1.807, 2.05) is 19.1 Å². The van der Waals surface area contributed by atoms with Crippen LogP contribution in [0.3, 0.4) is 0 Å². The Morgan fingerprint density at radius 1 is 1.35 bits per heavy atom. The van der Waals surface area contributed by atoms with E-state index < -0.39 is 0 Å². The van der Waals surface area contributed by atoms with Crippen LogP contribution in [0.4, 0.5) is 10.5 Å². The molecule has 2 rings (SSSR count). The number of benzene rings is 1. The van der Waals surface area contributed by atoms with Gasteiger partial charge in [-0.3, -0.25) is 0 Å². The molecule has 0 atom stereocenters. The van der Waals surface area contributed by atoms with E-state index in [0.717, 1.165) is 31.2 Å². The summed E-state index contributed by atoms with van der Waals surface area (Å²) in [6.45, 7) is 2.20. The molecule has 1 aromatic carbocycles. The van der Waals surface area contributed by atoms with Crippen molar-refractivity contribution in [2.75, 3.05) is 11.9 Å². The van der Waals surface area contributed by atoms with E-state index in [4.69, 9.17) is 16.7 Å². The first-order valence-electron chi connectivity index (χ1n) is 7.03. The van der Waals surface area contributed by atoms with Crippen molar-refractivity contribution >= 4 is 23.3 Å². The van der Waals surface area contributed by atoms with Gasteiger partial charge in [0.15, 0.2) is 0 Å². The highest BCUT2D eigenvalue weighted by atomic mass is 35.5. The Hall–Kier alpha value is -1.26. The van der Waals surface area contributed by atoms with Gasteiger partial charge in [0.25, 0.3) is 0 Å². The number of anilines is 1. The number of rotatable bonds is 3. The average Bonchev–Trinajstić information content (AvgIpc) is 2.43. The van der Waals surface area contributed by atoms with Gasteiger partial charge in [0, 0.05) is 12.6 Å². The summed E-state index contributed by atoms with van der Waals surface area (Å²) < 4.78 is 0. The molecule has 4 nitrogen and oxygen atoms in total. The second kappa shape index (κ2) is 6.95. The van der Waals surface area contributed by atoms with Crippen LogP contribution >= 0.6 is 11.6 Å². The van der Waals surface area contributed by atoms with Crippen LogP contribution in [0.25, 0.3) is 0 Å². The zero-order valence-electron chi connectivity index (χ0n) is 11.7. The number of carbonyl (C=O) groups is 1. The molecule has 0 heterocycles. The van der Waals surface area contributed by atoms with E-state index in [2.05, 4.69) is 10.6 Å². The number of aryl methyl sites for hydroxylation is 1. The maximum atomic E-state index is 12.0. The number of aliphatic hydroxyl groups excluding tert-OH is 1. The smallest absolute Gasteiger partial charge is 0.319 e. The fourth-order valence-corrected chi connectivity index (χ4v) is 2.73. The molecule has 0 radical (unpaired) electrons. The van der Waals surface area contributed by atoms with E-state index in [9.17, 15) is 4.79 Å². The van der Waals surface area contributed by atoms with E-state index in [-0.39, 0.29) is 18.7 Å². The maximum Gasteiger partial charge on any atom is 0.319 e. The summed E-state index contributed by atoms with van der Waals surface area (Å²) in [5.41, 5.74) is 1.68. The molecule has 1 fully saturated rings. The number of carbonyl (C=O) groups excluding carboxylic acids is 1. The summed E-state index contributed by atoms with van der Waals surface area (Å²) >= 11 is 6.05. The minimum atomic E-state index is -0.218. The third kappa shape index (κ3) is 4.12. The molecule has 1 aliphatic rings. The Morgan fingerprint density at radius 3 is 2.70 bits per heavy atom. The highest BCUT2D eigenvalue weighted by molar-refractivity contribution is 6.33. The molecule has 110 valence electrons. The molecular formula is C15H21ClN2O2. The molecule has 0 bridgehead atoms. The van der Waals surface area contributed by atoms with Crippen molar-refractivity contribution in [1.29, 1.82) is 0 Å². The molecule has 5 heteroatoms. The number of amides is 2. The van der Waals surface area contributed by atoms with Crippen molar-refractivity contribution in [3.63, 3.8) is 0 Å². The van der Waals surface area contributed by atoms with Gasteiger partial charge in [-0.2, -0.15) is 0 Å². The van der Waals surface area contributed by atoms with Crippen LogP contribution in [0.15, 0.2) is 18.2 Å². The third-order valence-electron chi connectivity index (χ3n) is 3.81. The summed E-state index contributed by atoms with van der Waals surface area (Å²) in [5, 5.41) is 15.4. The van der Waals surface area contributed by atoms with E-state index in [1.165, 1.54) is 0 Å². The molecule has 3 N–H and O–H groups in total. The maximum absolute atomic E-state index is 12.0. The average molecular weight is 297 g/mol. The third-order valence-corrected chi connectivity index (χ3v) is 4.14. The van der Waals surface area contributed by atoms with Crippen LogP contribution in [0.1, 0.15) is 31.2 Å². The molecule has 20 heavy (non-hydrogen) atoms. The molecule has 0 aromatic heterocycles. The van der Waals surface area contributed by atoms with Gasteiger partial charge in [0.1, 0.15) is 0 Å². The van der Waals surface area contributed by atoms with Crippen molar-refractivity contribution in [2.24, 2.45) is 5.92 Å². The number of halogens is 1. The van der Waals surface area contributed by atoms with Crippen molar-refractivity contribution in [3.8, 4) is 0 Å². The number of hydrogen-bond acceptors (Lipinski definition) is 2. The first kappa shape index (κ1) is 15.1. The van der Waals surface area contributed by atoms with Crippen LogP contribution < -0.4 is 10.6 Å². The van der Waals surface area contributed by atoms with Crippen molar-refractivity contribution in [3.05, 3.63) is 28.8 Å². The molecular weight excluding hydrogens is 276 g/mol. The van der Waals surface area contributed by atoms with Gasteiger partial charge in [-0.15, -0.1) is 0 Å². The lowest BCUT2D eigenvalue weighted by Crippen LogP contribution is -2.40. The minimum absolute atomic E-state index is 0.182. The van der Waals surface area contributed by atoms with Gasteiger partial charge in [-0.05, 0) is 56.2 Å². The van der Waals surface area contributed by atoms with E-state index >= 15 is 0 Å². The first-order chi connectivity index (χ1) is 9.58. The monoisotopic (exact) mass is 296 g/mol. The van der Waals surface area contributed by atoms with Gasteiger partial charge in [0.2, 0.25) is 0 Å². The van der Waals surface area contributed by atoms with Crippen molar-refractivity contribution in [1.82, 2.24) is 5.32 Å². The molecule has 0 aliphatic heterocycles. The Kier molecular flexibility index (Phi) is 5.26. The highest BCUT2D eigenvalue weighted by Crippen LogP contribution is 2.25. The van der Waals surface area contributed by atoms with Crippen molar-refractivity contribution in [2.45, 2.75) is 38.6 Å². The van der Waals surface area contributed by atoms with Crippen LogP contribution in [0.5, 0.6) is 0 Å². The summed E-state index contributed by atoms with van der Waals surface area (Å²) in [7, 11) is 0. The lowest BCUT2D eigenvalue weighted by atomic mass is 9.87. The number of urea groups is 1. The Balaban J connectivity index is 1.85. The topological polar surface area (TPSA) is 61.4 Å². The number of nitrogens with one attached hydrogen (secondary N) is 2. The molecule has 0 saturated heterocycles. The van der Waals surface area contributed by atoms with Crippen LogP contribution in [0, 0.1) is 12.8 Å². The van der Waals surface area contributed by atoms with Crippen molar-refractivity contribution < 1.29 is 9.90 Å². The van der Waals surface area contributed by atoms with Crippen LogP contribution in [-0.2, 0) is 0 Å². The Bertz CT molecular complexity index is 471. The zero-order chi connectivity index (χ0) is 14.5. The molecule has 2 amide bonds. The lowest BCUT2D eigenvalue weighted by Gasteiger charge is -2.28. The summed E-state index contributed by atoms with van der Waals surface area (Å²) in [4.78, 5) is 12.0. The van der Waals surface area contributed by atoms with Gasteiger partial charge >= 0.3 is 6.03 Å². The Labute approximate surface area is 124 Å². The second-order valence-corrected chi connectivity index (χ2v) is 5.89. The molecule has 1 aromatic rings. The van der Waals surface area contributed by atoms with E-state index in [0.29, 0.717) is 16.6 Å². The second-order valence-electron chi connectivity index (χ2n) is 5.48. The Morgan fingerprint density at radius 2 is 2.05 bits per heavy atom. The van der Waals surface area contributed by atoms with Crippen LogP contribution in [-0.4, -0.2) is 23.8 Å². The predicted octanol–water partition coefficient (Wildman–Crippen LogP) is 3.32. The summed E-state index contributed by atoms with van der Waals surface area (Å²) in [5.74, 6) is 0.391. The predicted molar refractivity (Wildman–Crippen MR) is 81.2 cm³/mol.